The first-order chi connectivity index (χ1) is 22.3. The van der Waals surface area contributed by atoms with Crippen molar-refractivity contribution >= 4 is 17.6 Å². The number of carbonyl (C=O) groups excluding carboxylic acids is 2. The predicted molar refractivity (Wildman–Crippen MR) is 164 cm³/mol. The molecule has 256 valence electrons. The third-order valence-electron chi connectivity index (χ3n) is 9.07. The van der Waals surface area contributed by atoms with Crippen LogP contribution in [0.2, 0.25) is 0 Å². The molecule has 1 aliphatic carbocycles. The Labute approximate surface area is 273 Å². The zero-order valence-electron chi connectivity index (χ0n) is 26.9. The maximum Gasteiger partial charge on any atom is 0.416 e. The highest BCUT2D eigenvalue weighted by molar-refractivity contribution is 5.90. The monoisotopic (exact) mass is 677 g/mol. The summed E-state index contributed by atoms with van der Waals surface area (Å²) in [5.41, 5.74) is 0.871. The highest BCUT2D eigenvalue weighted by Crippen LogP contribution is 2.46. The Balaban J connectivity index is 1.52. The van der Waals surface area contributed by atoms with E-state index in [4.69, 9.17) is 9.47 Å². The third-order valence-corrected chi connectivity index (χ3v) is 9.07. The number of alkyl halides is 6. The Hall–Kier alpha value is -4.35. The fraction of sp³-hybridized carbons (Fsp3) is 0.389. The van der Waals surface area contributed by atoms with Crippen LogP contribution in [0.4, 0.5) is 35.5 Å². The lowest BCUT2D eigenvalue weighted by Crippen LogP contribution is -2.35. The molecule has 2 atom stereocenters. The summed E-state index contributed by atoms with van der Waals surface area (Å²) in [7, 11) is 1.28. The van der Waals surface area contributed by atoms with Gasteiger partial charge in [-0.15, -0.1) is 0 Å². The lowest BCUT2D eigenvalue weighted by atomic mass is 9.72. The molecule has 1 fully saturated rings. The molecule has 12 heteroatoms. The number of rotatable bonds is 6. The van der Waals surface area contributed by atoms with Crippen LogP contribution in [0.1, 0.15) is 84.3 Å². The summed E-state index contributed by atoms with van der Waals surface area (Å²) in [5, 5.41) is 0. The van der Waals surface area contributed by atoms with Crippen molar-refractivity contribution in [2.45, 2.75) is 71.5 Å². The van der Waals surface area contributed by atoms with E-state index in [1.165, 1.54) is 31.1 Å². The number of hydrogen-bond acceptors (Lipinski definition) is 4. The molecule has 5 nitrogen and oxygen atoms in total. The molecular formula is C36H34F7NO4. The van der Waals surface area contributed by atoms with Crippen LogP contribution in [-0.4, -0.2) is 36.7 Å². The smallest absolute Gasteiger partial charge is 0.416 e. The molecule has 0 spiro atoms. The van der Waals surface area contributed by atoms with E-state index >= 15 is 4.39 Å². The minimum atomic E-state index is -5.05. The normalized spacial score (nSPS) is 19.8. The molecule has 3 aromatic rings. The molecule has 0 bridgehead atoms. The first-order valence-electron chi connectivity index (χ1n) is 15.3. The molecule has 0 N–H and O–H groups in total. The summed E-state index contributed by atoms with van der Waals surface area (Å²) in [4.78, 5) is 26.5. The van der Waals surface area contributed by atoms with Gasteiger partial charge in [-0.25, -0.2) is 14.0 Å². The number of allylic oxidation sites excluding steroid dienone is 1. The third kappa shape index (κ3) is 7.22. The summed E-state index contributed by atoms with van der Waals surface area (Å²) in [6.45, 7) is 7.38. The number of halogens is 7. The molecular weight excluding hydrogens is 643 g/mol. The second-order valence-corrected chi connectivity index (χ2v) is 13.2. The largest absolute Gasteiger partial charge is 0.465 e. The highest BCUT2D eigenvalue weighted by atomic mass is 19.4. The van der Waals surface area contributed by atoms with E-state index in [0.29, 0.717) is 47.2 Å². The van der Waals surface area contributed by atoms with Crippen molar-refractivity contribution in [1.29, 1.82) is 0 Å². The Morgan fingerprint density at radius 2 is 1.58 bits per heavy atom. The van der Waals surface area contributed by atoms with Crippen molar-refractivity contribution in [2.75, 3.05) is 13.7 Å². The second-order valence-electron chi connectivity index (χ2n) is 13.2. The lowest BCUT2D eigenvalue weighted by Gasteiger charge is -2.35. The van der Waals surface area contributed by atoms with Gasteiger partial charge in [0, 0.05) is 6.54 Å². The summed E-state index contributed by atoms with van der Waals surface area (Å²) >= 11 is 0. The van der Waals surface area contributed by atoms with Crippen LogP contribution >= 0.6 is 0 Å². The van der Waals surface area contributed by atoms with Crippen LogP contribution in [0.5, 0.6) is 0 Å². The molecule has 48 heavy (non-hydrogen) atoms. The zero-order chi connectivity index (χ0) is 35.3. The van der Waals surface area contributed by atoms with Gasteiger partial charge in [0.25, 0.3) is 0 Å². The van der Waals surface area contributed by atoms with E-state index in [0.717, 1.165) is 23.1 Å². The quantitative estimate of drug-likeness (QED) is 0.193. The van der Waals surface area contributed by atoms with Crippen molar-refractivity contribution < 1.29 is 49.8 Å². The SMILES string of the molecule is COC(=O)c1ccc(-c2cc(F)cc(C3=C(CN4C(=O)O[C@H](c5cc(C(F)(F)F)cc(C(F)(F)F)c5)[C@@H]4C)CC(C)(C)CC3)c2)c(C)c1. The number of hydrogen-bond donors (Lipinski definition) is 0. The maximum atomic E-state index is 15.2. The number of benzene rings is 3. The van der Waals surface area contributed by atoms with Crippen LogP contribution < -0.4 is 0 Å². The number of esters is 1. The standard InChI is InChI=1S/C36H34F7NO4/c1-19-10-21(32(45)47-5)6-7-29(19)22-11-23(15-28(37)14-22)30-8-9-34(3,4)17-25(30)18-44-20(2)31(48-33(44)46)24-12-26(35(38,39)40)16-27(13-24)36(41,42)43/h6-7,10-16,20,31H,8-9,17-18H2,1-5H3/t20-,31-/m0/s1. The van der Waals surface area contributed by atoms with Crippen LogP contribution in [0.15, 0.2) is 60.2 Å². The van der Waals surface area contributed by atoms with Crippen LogP contribution in [0.3, 0.4) is 0 Å². The minimum Gasteiger partial charge on any atom is -0.465 e. The van der Waals surface area contributed by atoms with Crippen LogP contribution in [-0.2, 0) is 21.8 Å². The Morgan fingerprint density at radius 1 is 0.958 bits per heavy atom. The number of methoxy groups -OCH3 is 1. The first kappa shape index (κ1) is 35.0. The zero-order valence-corrected chi connectivity index (χ0v) is 26.9. The molecule has 1 aliphatic heterocycles. The summed E-state index contributed by atoms with van der Waals surface area (Å²) in [6, 6.07) is 9.82. The summed E-state index contributed by atoms with van der Waals surface area (Å²) in [5.74, 6) is -1.01. The van der Waals surface area contributed by atoms with E-state index in [1.807, 2.05) is 19.9 Å². The minimum absolute atomic E-state index is 0.0148. The first-order valence-corrected chi connectivity index (χ1v) is 15.3. The number of amides is 1. The number of nitrogens with zero attached hydrogens (tertiary/aromatic N) is 1. The predicted octanol–water partition coefficient (Wildman–Crippen LogP) is 10.2. The number of ether oxygens (including phenoxy) is 2. The van der Waals surface area contributed by atoms with Gasteiger partial charge in [-0.1, -0.05) is 19.9 Å². The van der Waals surface area contributed by atoms with E-state index in [9.17, 15) is 35.9 Å². The Bertz CT molecular complexity index is 1760. The van der Waals surface area contributed by atoms with Crippen LogP contribution in [0, 0.1) is 18.2 Å². The van der Waals surface area contributed by atoms with Crippen molar-refractivity contribution in [3.63, 3.8) is 0 Å². The summed E-state index contributed by atoms with van der Waals surface area (Å²) < 4.78 is 107. The average Bonchev–Trinajstić information content (AvgIpc) is 3.27. The topological polar surface area (TPSA) is 55.8 Å². The number of aryl methyl sites for hydroxylation is 1. The van der Waals surface area contributed by atoms with Gasteiger partial charge in [-0.3, -0.25) is 4.90 Å². The average molecular weight is 678 g/mol. The fourth-order valence-electron chi connectivity index (χ4n) is 6.57. The lowest BCUT2D eigenvalue weighted by molar-refractivity contribution is -0.143. The molecule has 0 radical (unpaired) electrons. The van der Waals surface area contributed by atoms with Crippen molar-refractivity contribution in [1.82, 2.24) is 4.90 Å². The van der Waals surface area contributed by atoms with Gasteiger partial charge in [0.15, 0.2) is 0 Å². The molecule has 0 saturated carbocycles. The van der Waals surface area contributed by atoms with Crippen molar-refractivity contribution in [3.05, 3.63) is 99.4 Å². The molecule has 3 aromatic carbocycles. The second kappa shape index (κ2) is 12.6. The molecule has 1 saturated heterocycles. The molecule has 1 heterocycles. The van der Waals surface area contributed by atoms with E-state index in [-0.39, 0.29) is 18.0 Å². The molecule has 5 rings (SSSR count). The summed E-state index contributed by atoms with van der Waals surface area (Å²) in [6.07, 6.45) is -10.6. The fourth-order valence-corrected chi connectivity index (χ4v) is 6.57. The van der Waals surface area contributed by atoms with E-state index in [1.54, 1.807) is 25.1 Å². The van der Waals surface area contributed by atoms with Gasteiger partial charge in [-0.05, 0) is 126 Å². The van der Waals surface area contributed by atoms with Crippen LogP contribution in [0.25, 0.3) is 16.7 Å². The Morgan fingerprint density at radius 3 is 2.17 bits per heavy atom. The van der Waals surface area contributed by atoms with Crippen molar-refractivity contribution in [3.8, 4) is 11.1 Å². The van der Waals surface area contributed by atoms with Gasteiger partial charge in [0.2, 0.25) is 0 Å². The highest BCUT2D eigenvalue weighted by Gasteiger charge is 2.44. The van der Waals surface area contributed by atoms with E-state index in [2.05, 4.69) is 0 Å². The molecule has 0 aromatic heterocycles. The molecule has 1 amide bonds. The maximum absolute atomic E-state index is 15.2. The van der Waals surface area contributed by atoms with Gasteiger partial charge < -0.3 is 9.47 Å². The van der Waals surface area contributed by atoms with Crippen molar-refractivity contribution in [2.24, 2.45) is 5.41 Å². The van der Waals surface area contributed by atoms with Gasteiger partial charge in [0.05, 0.1) is 29.8 Å². The van der Waals surface area contributed by atoms with Gasteiger partial charge in [-0.2, -0.15) is 26.3 Å². The Kier molecular flexibility index (Phi) is 9.17. The number of cyclic esters (lactones) is 1. The molecule has 0 unspecified atom stereocenters. The van der Waals surface area contributed by atoms with E-state index < -0.39 is 59.1 Å². The number of carbonyl (C=O) groups is 2. The van der Waals surface area contributed by atoms with Gasteiger partial charge in [0.1, 0.15) is 11.9 Å². The van der Waals surface area contributed by atoms with Gasteiger partial charge >= 0.3 is 24.4 Å². The molecule has 2 aliphatic rings.